The third kappa shape index (κ3) is 5.53. The van der Waals surface area contributed by atoms with Gasteiger partial charge in [-0.15, -0.1) is 0 Å². The number of amides is 2. The summed E-state index contributed by atoms with van der Waals surface area (Å²) in [5.74, 6) is 0.502. The Hall–Kier alpha value is -1.95. The highest BCUT2D eigenvalue weighted by Crippen LogP contribution is 2.35. The number of carbonyl (C=O) groups excluding carboxylic acids is 2. The number of carbonyl (C=O) groups is 2. The van der Waals surface area contributed by atoms with Gasteiger partial charge < -0.3 is 10.6 Å². The van der Waals surface area contributed by atoms with Crippen LogP contribution in [0.1, 0.15) is 44.6 Å². The van der Waals surface area contributed by atoms with Crippen LogP contribution in [-0.2, 0) is 16.1 Å². The Labute approximate surface area is 154 Å². The van der Waals surface area contributed by atoms with Gasteiger partial charge in [-0.05, 0) is 49.3 Å². The molecule has 1 heterocycles. The normalized spacial score (nSPS) is 23.0. The fourth-order valence-electron chi connectivity index (χ4n) is 3.70. The zero-order chi connectivity index (χ0) is 18.5. The van der Waals surface area contributed by atoms with Gasteiger partial charge in [0.05, 0.1) is 0 Å². The number of rotatable bonds is 8. The van der Waals surface area contributed by atoms with Crippen LogP contribution < -0.4 is 10.6 Å². The molecule has 1 saturated carbocycles. The third-order valence-electron chi connectivity index (χ3n) is 5.35. The summed E-state index contributed by atoms with van der Waals surface area (Å²) in [6.07, 6.45) is 5.02. The van der Waals surface area contributed by atoms with Gasteiger partial charge in [0.15, 0.2) is 0 Å². The molecule has 1 aromatic carbocycles. The molecular formula is C20H28FN3O2. The Morgan fingerprint density at radius 2 is 1.77 bits per heavy atom. The molecule has 5 nitrogen and oxygen atoms in total. The van der Waals surface area contributed by atoms with Crippen LogP contribution in [0.25, 0.3) is 0 Å². The summed E-state index contributed by atoms with van der Waals surface area (Å²) in [6.45, 7) is 3.65. The topological polar surface area (TPSA) is 61.4 Å². The van der Waals surface area contributed by atoms with Crippen molar-refractivity contribution in [2.45, 2.75) is 57.7 Å². The van der Waals surface area contributed by atoms with E-state index in [9.17, 15) is 14.0 Å². The minimum atomic E-state index is -0.271. The molecule has 6 heteroatoms. The first-order chi connectivity index (χ1) is 12.5. The van der Waals surface area contributed by atoms with E-state index in [2.05, 4.69) is 15.5 Å². The van der Waals surface area contributed by atoms with E-state index in [4.69, 9.17) is 0 Å². The van der Waals surface area contributed by atoms with Crippen molar-refractivity contribution in [2.24, 2.45) is 5.92 Å². The van der Waals surface area contributed by atoms with Gasteiger partial charge in [-0.2, -0.15) is 0 Å². The number of benzene rings is 1. The second-order valence-corrected chi connectivity index (χ2v) is 7.57. The highest BCUT2D eigenvalue weighted by molar-refractivity contribution is 5.76. The van der Waals surface area contributed by atoms with E-state index in [-0.39, 0.29) is 23.7 Å². The van der Waals surface area contributed by atoms with Crippen molar-refractivity contribution >= 4 is 11.8 Å². The van der Waals surface area contributed by atoms with E-state index in [0.717, 1.165) is 30.9 Å². The third-order valence-corrected chi connectivity index (χ3v) is 5.35. The molecule has 0 spiro atoms. The van der Waals surface area contributed by atoms with Crippen molar-refractivity contribution in [1.82, 2.24) is 15.5 Å². The van der Waals surface area contributed by atoms with Gasteiger partial charge in [0.1, 0.15) is 5.82 Å². The first kappa shape index (κ1) is 18.8. The van der Waals surface area contributed by atoms with Crippen LogP contribution in [0, 0.1) is 11.7 Å². The summed E-state index contributed by atoms with van der Waals surface area (Å²) >= 11 is 0. The molecule has 1 aliphatic carbocycles. The Morgan fingerprint density at radius 1 is 1.08 bits per heavy atom. The molecule has 1 aromatic rings. The molecule has 0 unspecified atom stereocenters. The number of nitrogens with zero attached hydrogens (tertiary/aromatic N) is 1. The van der Waals surface area contributed by atoms with Gasteiger partial charge in [-0.1, -0.05) is 12.1 Å². The van der Waals surface area contributed by atoms with Crippen LogP contribution in [0.2, 0.25) is 0 Å². The quantitative estimate of drug-likeness (QED) is 0.746. The van der Waals surface area contributed by atoms with Crippen molar-refractivity contribution in [3.63, 3.8) is 0 Å². The van der Waals surface area contributed by atoms with Crippen molar-refractivity contribution in [1.29, 1.82) is 0 Å². The molecular weight excluding hydrogens is 333 g/mol. The van der Waals surface area contributed by atoms with Gasteiger partial charge in [0.25, 0.3) is 0 Å². The lowest BCUT2D eigenvalue weighted by molar-refractivity contribution is -0.122. The van der Waals surface area contributed by atoms with E-state index >= 15 is 0 Å². The summed E-state index contributed by atoms with van der Waals surface area (Å²) in [6, 6.07) is 6.75. The second-order valence-electron chi connectivity index (χ2n) is 7.57. The van der Waals surface area contributed by atoms with Crippen LogP contribution in [0.15, 0.2) is 24.3 Å². The fraction of sp³-hybridized carbons (Fsp3) is 0.600. The smallest absolute Gasteiger partial charge is 0.221 e. The largest absolute Gasteiger partial charge is 0.355 e. The number of hydrogen-bond acceptors (Lipinski definition) is 3. The maximum absolute atomic E-state index is 12.9. The summed E-state index contributed by atoms with van der Waals surface area (Å²) < 4.78 is 12.9. The van der Waals surface area contributed by atoms with Crippen molar-refractivity contribution in [2.75, 3.05) is 13.1 Å². The number of likely N-dealkylation sites (tertiary alicyclic amines) is 1. The van der Waals surface area contributed by atoms with Crippen LogP contribution in [-0.4, -0.2) is 41.9 Å². The minimum absolute atomic E-state index is 0.00290. The molecule has 2 atom stereocenters. The fourth-order valence-corrected chi connectivity index (χ4v) is 3.70. The lowest BCUT2D eigenvalue weighted by Gasteiger charge is -2.30. The standard InChI is InChI=1S/C20H28FN3O2/c1-14(25)22-12-19-9-8-18(24(19)13-16-2-3-16)10-20(26)23-11-15-4-6-17(21)7-5-15/h4-7,16,18-19H,2-3,8-13H2,1H3,(H,22,25)(H,23,26)/t18-,19+/m0/s1. The number of nitrogens with one attached hydrogen (secondary N) is 2. The highest BCUT2D eigenvalue weighted by atomic mass is 19.1. The van der Waals surface area contributed by atoms with Gasteiger partial charge >= 0.3 is 0 Å². The predicted octanol–water partition coefficient (Wildman–Crippen LogP) is 2.21. The van der Waals surface area contributed by atoms with Gasteiger partial charge in [-0.25, -0.2) is 4.39 Å². The molecule has 0 bridgehead atoms. The molecule has 2 fully saturated rings. The maximum Gasteiger partial charge on any atom is 0.221 e. The summed E-state index contributed by atoms with van der Waals surface area (Å²) in [7, 11) is 0. The van der Waals surface area contributed by atoms with E-state index in [1.807, 2.05) is 0 Å². The SMILES string of the molecule is CC(=O)NC[C@H]1CC[C@@H](CC(=O)NCc2ccc(F)cc2)N1CC1CC1. The highest BCUT2D eigenvalue weighted by Gasteiger charge is 2.37. The van der Waals surface area contributed by atoms with Crippen LogP contribution in [0.5, 0.6) is 0 Å². The summed E-state index contributed by atoms with van der Waals surface area (Å²) in [4.78, 5) is 26.0. The minimum Gasteiger partial charge on any atom is -0.355 e. The summed E-state index contributed by atoms with van der Waals surface area (Å²) in [5, 5.41) is 5.87. The number of halogens is 1. The zero-order valence-corrected chi connectivity index (χ0v) is 15.3. The lowest BCUT2D eigenvalue weighted by atomic mass is 10.1. The van der Waals surface area contributed by atoms with E-state index in [0.29, 0.717) is 25.6 Å². The molecule has 26 heavy (non-hydrogen) atoms. The Balaban J connectivity index is 1.50. The Morgan fingerprint density at radius 3 is 2.42 bits per heavy atom. The monoisotopic (exact) mass is 361 g/mol. The zero-order valence-electron chi connectivity index (χ0n) is 15.3. The lowest BCUT2D eigenvalue weighted by Crippen LogP contribution is -2.45. The van der Waals surface area contributed by atoms with Crippen LogP contribution >= 0.6 is 0 Å². The molecule has 2 aliphatic rings. The van der Waals surface area contributed by atoms with Crippen molar-refractivity contribution in [3.05, 3.63) is 35.6 Å². The Bertz CT molecular complexity index is 630. The molecule has 0 radical (unpaired) electrons. The maximum atomic E-state index is 12.9. The van der Waals surface area contributed by atoms with Gasteiger partial charge in [0, 0.05) is 45.1 Å². The first-order valence-corrected chi connectivity index (χ1v) is 9.52. The van der Waals surface area contributed by atoms with Crippen molar-refractivity contribution in [3.8, 4) is 0 Å². The van der Waals surface area contributed by atoms with E-state index in [1.54, 1.807) is 19.1 Å². The molecule has 142 valence electrons. The van der Waals surface area contributed by atoms with Gasteiger partial charge in [-0.3, -0.25) is 14.5 Å². The number of hydrogen-bond donors (Lipinski definition) is 2. The van der Waals surface area contributed by atoms with Crippen LogP contribution in [0.4, 0.5) is 4.39 Å². The van der Waals surface area contributed by atoms with Crippen molar-refractivity contribution < 1.29 is 14.0 Å². The van der Waals surface area contributed by atoms with Gasteiger partial charge in [0.2, 0.25) is 11.8 Å². The molecule has 2 N–H and O–H groups in total. The predicted molar refractivity (Wildman–Crippen MR) is 97.8 cm³/mol. The molecule has 1 saturated heterocycles. The molecule has 2 amide bonds. The second kappa shape index (κ2) is 8.62. The molecule has 3 rings (SSSR count). The average molecular weight is 361 g/mol. The first-order valence-electron chi connectivity index (χ1n) is 9.52. The molecule has 0 aromatic heterocycles. The average Bonchev–Trinajstić information content (AvgIpc) is 3.35. The Kier molecular flexibility index (Phi) is 6.25. The molecule has 1 aliphatic heterocycles. The van der Waals surface area contributed by atoms with Crippen LogP contribution in [0.3, 0.4) is 0 Å². The summed E-state index contributed by atoms with van der Waals surface area (Å²) in [5.41, 5.74) is 0.893. The van der Waals surface area contributed by atoms with E-state index in [1.165, 1.54) is 25.0 Å². The van der Waals surface area contributed by atoms with E-state index < -0.39 is 0 Å².